The number of halogens is 1. The standard InChI is InChI=1S/C24H27ClN6O2/c1-15(2)22-20(13-28-31(22)19-7-3-6-17(25)11-19)24(33)29-18-8-9-21(27-12-18)30-10-4-5-16(14-30)23(26)32/h3,6-9,11-13,15-16H,4-5,10,14H2,1-2H3,(H2,26,32)(H,29,33). The highest BCUT2D eigenvalue weighted by Gasteiger charge is 2.25. The van der Waals surface area contributed by atoms with Crippen LogP contribution in [-0.2, 0) is 4.79 Å². The minimum absolute atomic E-state index is 0.0602. The number of hydrogen-bond donors (Lipinski definition) is 2. The summed E-state index contributed by atoms with van der Waals surface area (Å²) < 4.78 is 1.75. The van der Waals surface area contributed by atoms with E-state index in [-0.39, 0.29) is 23.7 Å². The number of primary amides is 1. The van der Waals surface area contributed by atoms with Crippen LogP contribution in [0, 0.1) is 5.92 Å². The SMILES string of the molecule is CC(C)c1c(C(=O)Nc2ccc(N3CCCC(C(N)=O)C3)nc2)cnn1-c1cccc(Cl)c1. The van der Waals surface area contributed by atoms with Crippen molar-refractivity contribution in [1.82, 2.24) is 14.8 Å². The molecule has 0 saturated carbocycles. The van der Waals surface area contributed by atoms with Gasteiger partial charge in [-0.15, -0.1) is 0 Å². The molecule has 0 aliphatic carbocycles. The largest absolute Gasteiger partial charge is 0.369 e. The van der Waals surface area contributed by atoms with Crippen molar-refractivity contribution < 1.29 is 9.59 Å². The molecule has 172 valence electrons. The lowest BCUT2D eigenvalue weighted by molar-refractivity contribution is -0.122. The van der Waals surface area contributed by atoms with Crippen molar-refractivity contribution in [2.45, 2.75) is 32.6 Å². The average molecular weight is 467 g/mol. The third kappa shape index (κ3) is 5.01. The molecule has 33 heavy (non-hydrogen) atoms. The highest BCUT2D eigenvalue weighted by atomic mass is 35.5. The molecule has 0 radical (unpaired) electrons. The number of benzene rings is 1. The molecule has 1 aromatic carbocycles. The predicted molar refractivity (Wildman–Crippen MR) is 129 cm³/mol. The lowest BCUT2D eigenvalue weighted by atomic mass is 9.97. The number of carbonyl (C=O) groups is 2. The third-order valence-electron chi connectivity index (χ3n) is 5.80. The number of nitrogens with zero attached hydrogens (tertiary/aromatic N) is 4. The highest BCUT2D eigenvalue weighted by molar-refractivity contribution is 6.30. The molecular formula is C24H27ClN6O2. The van der Waals surface area contributed by atoms with Crippen LogP contribution in [0.15, 0.2) is 48.8 Å². The Labute approximate surface area is 197 Å². The van der Waals surface area contributed by atoms with Crippen LogP contribution in [0.1, 0.15) is 48.7 Å². The summed E-state index contributed by atoms with van der Waals surface area (Å²) in [5.74, 6) is 0.127. The normalized spacial score (nSPS) is 16.1. The molecule has 1 fully saturated rings. The number of anilines is 2. The van der Waals surface area contributed by atoms with E-state index in [1.165, 1.54) is 0 Å². The molecular weight excluding hydrogens is 440 g/mol. The van der Waals surface area contributed by atoms with Gasteiger partial charge in [0, 0.05) is 18.1 Å². The Bertz CT molecular complexity index is 1160. The molecule has 0 spiro atoms. The van der Waals surface area contributed by atoms with Gasteiger partial charge in [-0.1, -0.05) is 31.5 Å². The summed E-state index contributed by atoms with van der Waals surface area (Å²) in [4.78, 5) is 31.2. The monoisotopic (exact) mass is 466 g/mol. The molecule has 2 amide bonds. The highest BCUT2D eigenvalue weighted by Crippen LogP contribution is 2.26. The van der Waals surface area contributed by atoms with Crippen molar-refractivity contribution in [3.63, 3.8) is 0 Å². The summed E-state index contributed by atoms with van der Waals surface area (Å²) in [7, 11) is 0. The number of carbonyl (C=O) groups excluding carboxylic acids is 2. The molecule has 1 unspecified atom stereocenters. The lowest BCUT2D eigenvalue weighted by Gasteiger charge is -2.32. The summed E-state index contributed by atoms with van der Waals surface area (Å²) in [6.45, 7) is 5.42. The fourth-order valence-electron chi connectivity index (χ4n) is 4.16. The van der Waals surface area contributed by atoms with E-state index in [0.29, 0.717) is 22.8 Å². The van der Waals surface area contributed by atoms with Gasteiger partial charge in [0.15, 0.2) is 0 Å². The van der Waals surface area contributed by atoms with Gasteiger partial charge in [-0.05, 0) is 49.1 Å². The van der Waals surface area contributed by atoms with Gasteiger partial charge in [0.25, 0.3) is 5.91 Å². The van der Waals surface area contributed by atoms with Gasteiger partial charge in [-0.3, -0.25) is 9.59 Å². The average Bonchev–Trinajstić information content (AvgIpc) is 3.25. The van der Waals surface area contributed by atoms with E-state index < -0.39 is 0 Å². The van der Waals surface area contributed by atoms with E-state index >= 15 is 0 Å². The fourth-order valence-corrected chi connectivity index (χ4v) is 4.35. The van der Waals surface area contributed by atoms with Crippen molar-refractivity contribution in [2.75, 3.05) is 23.3 Å². The van der Waals surface area contributed by atoms with Gasteiger partial charge in [0.05, 0.1) is 40.9 Å². The number of nitrogens with one attached hydrogen (secondary N) is 1. The van der Waals surface area contributed by atoms with Crippen LogP contribution < -0.4 is 16.0 Å². The second-order valence-electron chi connectivity index (χ2n) is 8.54. The zero-order valence-corrected chi connectivity index (χ0v) is 19.4. The Balaban J connectivity index is 1.51. The molecule has 1 aliphatic heterocycles. The Morgan fingerprint density at radius 1 is 1.21 bits per heavy atom. The topological polar surface area (TPSA) is 106 Å². The Hall–Kier alpha value is -3.39. The number of rotatable bonds is 6. The molecule has 0 bridgehead atoms. The number of nitrogens with two attached hydrogens (primary N) is 1. The van der Waals surface area contributed by atoms with Crippen LogP contribution in [0.4, 0.5) is 11.5 Å². The molecule has 3 N–H and O–H groups in total. The lowest BCUT2D eigenvalue weighted by Crippen LogP contribution is -2.41. The smallest absolute Gasteiger partial charge is 0.259 e. The van der Waals surface area contributed by atoms with Crippen LogP contribution in [0.2, 0.25) is 5.02 Å². The number of hydrogen-bond acceptors (Lipinski definition) is 5. The van der Waals surface area contributed by atoms with Gasteiger partial charge in [-0.2, -0.15) is 5.10 Å². The van der Waals surface area contributed by atoms with E-state index in [9.17, 15) is 9.59 Å². The number of amides is 2. The molecule has 9 heteroatoms. The first-order valence-corrected chi connectivity index (χ1v) is 11.4. The van der Waals surface area contributed by atoms with Crippen molar-refractivity contribution in [3.8, 4) is 5.69 Å². The van der Waals surface area contributed by atoms with E-state index in [1.807, 2.05) is 44.2 Å². The van der Waals surface area contributed by atoms with Crippen LogP contribution in [0.25, 0.3) is 5.69 Å². The van der Waals surface area contributed by atoms with Crippen molar-refractivity contribution in [2.24, 2.45) is 11.7 Å². The molecule has 4 rings (SSSR count). The summed E-state index contributed by atoms with van der Waals surface area (Å²) in [5.41, 5.74) is 8.14. The predicted octanol–water partition coefficient (Wildman–Crippen LogP) is 4.00. The van der Waals surface area contributed by atoms with Crippen LogP contribution in [0.5, 0.6) is 0 Å². The maximum Gasteiger partial charge on any atom is 0.259 e. The first-order valence-electron chi connectivity index (χ1n) is 11.0. The quantitative estimate of drug-likeness (QED) is 0.571. The zero-order chi connectivity index (χ0) is 23.5. The second kappa shape index (κ2) is 9.62. The van der Waals surface area contributed by atoms with Gasteiger partial charge >= 0.3 is 0 Å². The van der Waals surface area contributed by atoms with Gasteiger partial charge < -0.3 is 16.0 Å². The maximum absolute atomic E-state index is 13.1. The molecule has 8 nitrogen and oxygen atoms in total. The minimum atomic E-state index is -0.275. The number of aromatic nitrogens is 3. The first kappa shape index (κ1) is 22.8. The molecule has 3 heterocycles. The summed E-state index contributed by atoms with van der Waals surface area (Å²) in [6, 6.07) is 11.0. The fraction of sp³-hybridized carbons (Fsp3) is 0.333. The molecule has 3 aromatic rings. The van der Waals surface area contributed by atoms with E-state index in [2.05, 4.69) is 20.3 Å². The summed E-state index contributed by atoms with van der Waals surface area (Å²) in [6.07, 6.45) is 4.89. The Kier molecular flexibility index (Phi) is 6.65. The van der Waals surface area contributed by atoms with Crippen LogP contribution in [0.3, 0.4) is 0 Å². The summed E-state index contributed by atoms with van der Waals surface area (Å²) in [5, 5.41) is 7.96. The van der Waals surface area contributed by atoms with E-state index in [0.717, 1.165) is 36.6 Å². The van der Waals surface area contributed by atoms with Crippen molar-refractivity contribution >= 4 is 34.9 Å². The molecule has 2 aromatic heterocycles. The van der Waals surface area contributed by atoms with Crippen molar-refractivity contribution in [1.29, 1.82) is 0 Å². The Morgan fingerprint density at radius 3 is 2.70 bits per heavy atom. The molecule has 1 aliphatic rings. The molecule has 1 atom stereocenters. The van der Waals surface area contributed by atoms with Crippen molar-refractivity contribution in [3.05, 3.63) is 65.1 Å². The number of pyridine rings is 1. The molecule has 1 saturated heterocycles. The zero-order valence-electron chi connectivity index (χ0n) is 18.7. The van der Waals surface area contributed by atoms with E-state index in [4.69, 9.17) is 17.3 Å². The maximum atomic E-state index is 13.1. The second-order valence-corrected chi connectivity index (χ2v) is 8.97. The summed E-state index contributed by atoms with van der Waals surface area (Å²) >= 11 is 6.14. The van der Waals surface area contributed by atoms with Gasteiger partial charge in [0.1, 0.15) is 5.82 Å². The third-order valence-corrected chi connectivity index (χ3v) is 6.04. The van der Waals surface area contributed by atoms with E-state index in [1.54, 1.807) is 23.1 Å². The van der Waals surface area contributed by atoms with Crippen LogP contribution >= 0.6 is 11.6 Å². The van der Waals surface area contributed by atoms with Gasteiger partial charge in [0.2, 0.25) is 5.91 Å². The Morgan fingerprint density at radius 2 is 2.03 bits per heavy atom. The van der Waals surface area contributed by atoms with Gasteiger partial charge in [-0.25, -0.2) is 9.67 Å². The first-order chi connectivity index (χ1) is 15.8. The van der Waals surface area contributed by atoms with Crippen LogP contribution in [-0.4, -0.2) is 39.7 Å². The number of piperidine rings is 1. The minimum Gasteiger partial charge on any atom is -0.369 e.